The van der Waals surface area contributed by atoms with Crippen molar-refractivity contribution in [3.05, 3.63) is 11.6 Å². The summed E-state index contributed by atoms with van der Waals surface area (Å²) >= 11 is 0. The molecule has 0 bridgehead atoms. The SMILES string of the molecule is CCCCNC1C=C2CC[C@@H]21. The van der Waals surface area contributed by atoms with Crippen LogP contribution in [0.15, 0.2) is 11.6 Å². The topological polar surface area (TPSA) is 12.0 Å². The molecule has 1 heteroatoms. The summed E-state index contributed by atoms with van der Waals surface area (Å²) in [4.78, 5) is 0. The lowest BCUT2D eigenvalue weighted by Gasteiger charge is -2.44. The Labute approximate surface area is 68.9 Å². The van der Waals surface area contributed by atoms with Gasteiger partial charge in [0.1, 0.15) is 0 Å². The highest BCUT2D eigenvalue weighted by atomic mass is 14.9. The Morgan fingerprint density at radius 3 is 3.00 bits per heavy atom. The number of rotatable bonds is 4. The minimum absolute atomic E-state index is 0.755. The average molecular weight is 151 g/mol. The van der Waals surface area contributed by atoms with Crippen molar-refractivity contribution in [1.82, 2.24) is 5.32 Å². The summed E-state index contributed by atoms with van der Waals surface area (Å²) in [6, 6.07) is 0.755. The molecule has 2 rings (SSSR count). The van der Waals surface area contributed by atoms with Crippen LogP contribution in [0.5, 0.6) is 0 Å². The van der Waals surface area contributed by atoms with Gasteiger partial charge in [-0.2, -0.15) is 0 Å². The van der Waals surface area contributed by atoms with Crippen LogP contribution in [0.3, 0.4) is 0 Å². The quantitative estimate of drug-likeness (QED) is 0.479. The van der Waals surface area contributed by atoms with Gasteiger partial charge in [0.2, 0.25) is 0 Å². The first-order chi connectivity index (χ1) is 5.42. The van der Waals surface area contributed by atoms with Gasteiger partial charge in [0.15, 0.2) is 0 Å². The third kappa shape index (κ3) is 1.22. The average Bonchev–Trinajstić information content (AvgIpc) is 1.98. The van der Waals surface area contributed by atoms with Crippen LogP contribution in [0, 0.1) is 5.92 Å². The predicted molar refractivity (Wildman–Crippen MR) is 47.5 cm³/mol. The first-order valence-electron chi connectivity index (χ1n) is 4.86. The van der Waals surface area contributed by atoms with Gasteiger partial charge in [-0.1, -0.05) is 25.0 Å². The highest BCUT2D eigenvalue weighted by molar-refractivity contribution is 5.32. The Bertz CT molecular complexity index is 172. The molecule has 0 radical (unpaired) electrons. The Morgan fingerprint density at radius 1 is 1.64 bits per heavy atom. The van der Waals surface area contributed by atoms with Gasteiger partial charge >= 0.3 is 0 Å². The lowest BCUT2D eigenvalue weighted by atomic mass is 9.65. The minimum Gasteiger partial charge on any atom is -0.310 e. The fourth-order valence-electron chi connectivity index (χ4n) is 1.97. The Hall–Kier alpha value is -0.300. The van der Waals surface area contributed by atoms with Gasteiger partial charge in [0.25, 0.3) is 0 Å². The summed E-state index contributed by atoms with van der Waals surface area (Å²) in [7, 11) is 0. The molecule has 0 aromatic carbocycles. The molecule has 2 atom stereocenters. The number of hydrogen-bond donors (Lipinski definition) is 1. The Morgan fingerprint density at radius 2 is 2.55 bits per heavy atom. The number of fused-ring (bicyclic) bond motifs is 1. The normalized spacial score (nSPS) is 33.4. The van der Waals surface area contributed by atoms with E-state index < -0.39 is 0 Å². The fourth-order valence-corrected chi connectivity index (χ4v) is 1.97. The molecule has 0 aromatic rings. The molecule has 0 heterocycles. The zero-order chi connectivity index (χ0) is 7.68. The van der Waals surface area contributed by atoms with Gasteiger partial charge in [0.05, 0.1) is 0 Å². The van der Waals surface area contributed by atoms with E-state index >= 15 is 0 Å². The van der Waals surface area contributed by atoms with E-state index in [1.807, 2.05) is 0 Å². The molecule has 1 nitrogen and oxygen atoms in total. The maximum atomic E-state index is 3.58. The molecular weight excluding hydrogens is 134 g/mol. The van der Waals surface area contributed by atoms with Gasteiger partial charge in [0, 0.05) is 6.04 Å². The van der Waals surface area contributed by atoms with Crippen LogP contribution in [0.2, 0.25) is 0 Å². The molecule has 0 saturated heterocycles. The van der Waals surface area contributed by atoms with Crippen molar-refractivity contribution >= 4 is 0 Å². The van der Waals surface area contributed by atoms with Gasteiger partial charge in [-0.15, -0.1) is 0 Å². The number of unbranched alkanes of at least 4 members (excludes halogenated alkanes) is 1. The summed E-state index contributed by atoms with van der Waals surface area (Å²) < 4.78 is 0. The first kappa shape index (κ1) is 7.35. The maximum Gasteiger partial charge on any atom is 0.0318 e. The lowest BCUT2D eigenvalue weighted by Crippen LogP contribution is -2.47. The molecule has 0 aromatic heterocycles. The van der Waals surface area contributed by atoms with Crippen LogP contribution in [0.25, 0.3) is 0 Å². The third-order valence-electron chi connectivity index (χ3n) is 2.96. The molecule has 2 aliphatic rings. The van der Waals surface area contributed by atoms with E-state index in [0.29, 0.717) is 0 Å². The summed E-state index contributed by atoms with van der Waals surface area (Å²) in [5, 5.41) is 3.58. The van der Waals surface area contributed by atoms with Gasteiger partial charge < -0.3 is 5.32 Å². The van der Waals surface area contributed by atoms with E-state index in [9.17, 15) is 0 Å². The second-order valence-electron chi connectivity index (χ2n) is 3.72. The highest BCUT2D eigenvalue weighted by Crippen LogP contribution is 2.44. The fraction of sp³-hybridized carbons (Fsp3) is 0.800. The summed E-state index contributed by atoms with van der Waals surface area (Å²) in [5.74, 6) is 0.951. The second kappa shape index (κ2) is 2.98. The molecule has 2 aliphatic carbocycles. The molecule has 0 aliphatic heterocycles. The first-order valence-corrected chi connectivity index (χ1v) is 4.86. The van der Waals surface area contributed by atoms with Crippen molar-refractivity contribution in [2.24, 2.45) is 5.92 Å². The van der Waals surface area contributed by atoms with Crippen molar-refractivity contribution in [2.45, 2.75) is 38.6 Å². The second-order valence-corrected chi connectivity index (χ2v) is 3.72. The van der Waals surface area contributed by atoms with Crippen molar-refractivity contribution < 1.29 is 0 Å². The summed E-state index contributed by atoms with van der Waals surface area (Å²) in [5.41, 5.74) is 1.72. The van der Waals surface area contributed by atoms with E-state index in [4.69, 9.17) is 0 Å². The van der Waals surface area contributed by atoms with Crippen molar-refractivity contribution in [3.63, 3.8) is 0 Å². The maximum absolute atomic E-state index is 3.58. The molecule has 0 spiro atoms. The molecule has 11 heavy (non-hydrogen) atoms. The van der Waals surface area contributed by atoms with E-state index in [1.165, 1.54) is 32.2 Å². The van der Waals surface area contributed by atoms with Crippen molar-refractivity contribution in [3.8, 4) is 0 Å². The van der Waals surface area contributed by atoms with Gasteiger partial charge in [-0.25, -0.2) is 0 Å². The third-order valence-corrected chi connectivity index (χ3v) is 2.96. The monoisotopic (exact) mass is 151 g/mol. The molecule has 1 saturated carbocycles. The van der Waals surface area contributed by atoms with E-state index in [1.54, 1.807) is 5.57 Å². The molecule has 1 fully saturated rings. The van der Waals surface area contributed by atoms with E-state index in [-0.39, 0.29) is 0 Å². The van der Waals surface area contributed by atoms with E-state index in [2.05, 4.69) is 18.3 Å². The minimum atomic E-state index is 0.755. The predicted octanol–water partition coefficient (Wildman–Crippen LogP) is 2.09. The molecule has 1 N–H and O–H groups in total. The van der Waals surface area contributed by atoms with Crippen molar-refractivity contribution in [2.75, 3.05) is 6.54 Å². The van der Waals surface area contributed by atoms with Gasteiger partial charge in [-0.3, -0.25) is 0 Å². The van der Waals surface area contributed by atoms with Crippen LogP contribution >= 0.6 is 0 Å². The van der Waals surface area contributed by atoms with Crippen LogP contribution in [0.4, 0.5) is 0 Å². The van der Waals surface area contributed by atoms with Crippen LogP contribution in [-0.4, -0.2) is 12.6 Å². The molecule has 1 unspecified atom stereocenters. The zero-order valence-corrected chi connectivity index (χ0v) is 7.27. The highest BCUT2D eigenvalue weighted by Gasteiger charge is 2.37. The molecule has 0 amide bonds. The van der Waals surface area contributed by atoms with Crippen LogP contribution < -0.4 is 5.32 Å². The number of hydrogen-bond acceptors (Lipinski definition) is 1. The van der Waals surface area contributed by atoms with E-state index in [0.717, 1.165) is 12.0 Å². The molecule has 62 valence electrons. The van der Waals surface area contributed by atoms with Crippen LogP contribution in [-0.2, 0) is 0 Å². The lowest BCUT2D eigenvalue weighted by molar-refractivity contribution is 0.303. The van der Waals surface area contributed by atoms with Crippen LogP contribution in [0.1, 0.15) is 32.6 Å². The summed E-state index contributed by atoms with van der Waals surface area (Å²) in [6.45, 7) is 3.45. The smallest absolute Gasteiger partial charge is 0.0318 e. The standard InChI is InChI=1S/C10H17N/c1-2-3-6-11-10-7-8-4-5-9(8)10/h7,9-11H,2-6H2,1H3/t9-,10?/m0/s1. The number of nitrogens with one attached hydrogen (secondary N) is 1. The molecular formula is C10H17N. The van der Waals surface area contributed by atoms with Crippen molar-refractivity contribution in [1.29, 1.82) is 0 Å². The zero-order valence-electron chi connectivity index (χ0n) is 7.27. The summed E-state index contributed by atoms with van der Waals surface area (Å²) in [6.07, 6.45) is 7.88. The largest absolute Gasteiger partial charge is 0.310 e. The Balaban J connectivity index is 1.66. The Kier molecular flexibility index (Phi) is 1.99. The van der Waals surface area contributed by atoms with Gasteiger partial charge in [-0.05, 0) is 31.7 Å².